The summed E-state index contributed by atoms with van der Waals surface area (Å²) in [5.74, 6) is 0.298. The van der Waals surface area contributed by atoms with E-state index in [-0.39, 0.29) is 17.9 Å². The van der Waals surface area contributed by atoms with Crippen LogP contribution in [0, 0.1) is 5.92 Å². The first-order chi connectivity index (χ1) is 8.10. The Labute approximate surface area is 104 Å². The Morgan fingerprint density at radius 3 is 2.18 bits per heavy atom. The molecule has 0 aromatic heterocycles. The number of nitrogens with zero attached hydrogens (tertiary/aromatic N) is 1. The van der Waals surface area contributed by atoms with E-state index >= 15 is 0 Å². The topological polar surface area (TPSA) is 49.4 Å². The molecular weight excluding hydrogens is 216 g/mol. The molecule has 1 atom stereocenters. The van der Waals surface area contributed by atoms with Crippen LogP contribution < -0.4 is 5.32 Å². The van der Waals surface area contributed by atoms with Gasteiger partial charge in [0.05, 0.1) is 0 Å². The molecule has 1 saturated carbocycles. The van der Waals surface area contributed by atoms with Crippen LogP contribution in [0.3, 0.4) is 0 Å². The van der Waals surface area contributed by atoms with E-state index in [4.69, 9.17) is 0 Å². The SMILES string of the molecule is CCN(CC)C(=O)C(NC(C)=O)C1CCCC1. The van der Waals surface area contributed by atoms with E-state index in [2.05, 4.69) is 5.32 Å². The lowest BCUT2D eigenvalue weighted by Gasteiger charge is -2.29. The van der Waals surface area contributed by atoms with Crippen molar-refractivity contribution in [3.05, 3.63) is 0 Å². The highest BCUT2D eigenvalue weighted by Crippen LogP contribution is 2.28. The number of amides is 2. The summed E-state index contributed by atoms with van der Waals surface area (Å²) in [7, 11) is 0. The number of hydrogen-bond donors (Lipinski definition) is 1. The zero-order valence-corrected chi connectivity index (χ0v) is 11.2. The Bertz CT molecular complexity index is 269. The highest BCUT2D eigenvalue weighted by atomic mass is 16.2. The summed E-state index contributed by atoms with van der Waals surface area (Å²) >= 11 is 0. The van der Waals surface area contributed by atoms with Gasteiger partial charge in [-0.15, -0.1) is 0 Å². The summed E-state index contributed by atoms with van der Waals surface area (Å²) in [5, 5.41) is 2.84. The smallest absolute Gasteiger partial charge is 0.245 e. The van der Waals surface area contributed by atoms with Gasteiger partial charge < -0.3 is 10.2 Å². The van der Waals surface area contributed by atoms with Crippen LogP contribution in [0.15, 0.2) is 0 Å². The van der Waals surface area contributed by atoms with E-state index in [1.54, 1.807) is 4.90 Å². The molecule has 1 aliphatic carbocycles. The maximum absolute atomic E-state index is 12.3. The van der Waals surface area contributed by atoms with Crippen molar-refractivity contribution in [3.8, 4) is 0 Å². The summed E-state index contributed by atoms with van der Waals surface area (Å²) in [5.41, 5.74) is 0. The van der Waals surface area contributed by atoms with E-state index in [0.29, 0.717) is 19.0 Å². The van der Waals surface area contributed by atoms with Gasteiger partial charge in [0.25, 0.3) is 0 Å². The van der Waals surface area contributed by atoms with Gasteiger partial charge >= 0.3 is 0 Å². The molecule has 0 radical (unpaired) electrons. The lowest BCUT2D eigenvalue weighted by atomic mass is 9.96. The van der Waals surface area contributed by atoms with Crippen LogP contribution in [0.4, 0.5) is 0 Å². The minimum Gasteiger partial charge on any atom is -0.344 e. The fraction of sp³-hybridized carbons (Fsp3) is 0.846. The third-order valence-electron chi connectivity index (χ3n) is 3.57. The van der Waals surface area contributed by atoms with Gasteiger partial charge in [-0.1, -0.05) is 12.8 Å². The van der Waals surface area contributed by atoms with Crippen molar-refractivity contribution in [2.45, 2.75) is 52.5 Å². The third kappa shape index (κ3) is 3.72. The van der Waals surface area contributed by atoms with Crippen LogP contribution in [-0.4, -0.2) is 35.8 Å². The van der Waals surface area contributed by atoms with Gasteiger partial charge in [-0.25, -0.2) is 0 Å². The van der Waals surface area contributed by atoms with Crippen molar-refractivity contribution < 1.29 is 9.59 Å². The maximum Gasteiger partial charge on any atom is 0.245 e. The Morgan fingerprint density at radius 2 is 1.76 bits per heavy atom. The zero-order valence-electron chi connectivity index (χ0n) is 11.2. The molecule has 0 aromatic rings. The van der Waals surface area contributed by atoms with E-state index in [1.165, 1.54) is 19.8 Å². The molecule has 0 aliphatic heterocycles. The molecule has 1 unspecified atom stereocenters. The number of hydrogen-bond acceptors (Lipinski definition) is 2. The fourth-order valence-corrected chi connectivity index (χ4v) is 2.62. The number of rotatable bonds is 5. The molecule has 4 nitrogen and oxygen atoms in total. The van der Waals surface area contributed by atoms with Gasteiger partial charge in [0.15, 0.2) is 0 Å². The minimum absolute atomic E-state index is 0.0806. The lowest BCUT2D eigenvalue weighted by molar-refractivity contribution is -0.137. The molecule has 1 fully saturated rings. The summed E-state index contributed by atoms with van der Waals surface area (Å²) < 4.78 is 0. The molecular formula is C13H24N2O2. The number of carbonyl (C=O) groups excluding carboxylic acids is 2. The molecule has 0 spiro atoms. The quantitative estimate of drug-likeness (QED) is 0.792. The first kappa shape index (κ1) is 14.0. The molecule has 98 valence electrons. The maximum atomic E-state index is 12.3. The van der Waals surface area contributed by atoms with Crippen molar-refractivity contribution in [1.29, 1.82) is 0 Å². The van der Waals surface area contributed by atoms with Gasteiger partial charge in [0.2, 0.25) is 11.8 Å². The fourth-order valence-electron chi connectivity index (χ4n) is 2.62. The van der Waals surface area contributed by atoms with E-state index in [0.717, 1.165) is 12.8 Å². The average molecular weight is 240 g/mol. The van der Waals surface area contributed by atoms with Gasteiger partial charge in [0, 0.05) is 20.0 Å². The molecule has 1 rings (SSSR count). The summed E-state index contributed by atoms with van der Waals surface area (Å²) in [6.45, 7) is 6.84. The summed E-state index contributed by atoms with van der Waals surface area (Å²) in [4.78, 5) is 25.4. The summed E-state index contributed by atoms with van der Waals surface area (Å²) in [6, 6.07) is -0.310. The van der Waals surface area contributed by atoms with Crippen LogP contribution in [0.2, 0.25) is 0 Å². The monoisotopic (exact) mass is 240 g/mol. The highest BCUT2D eigenvalue weighted by molar-refractivity contribution is 5.87. The first-order valence-electron chi connectivity index (χ1n) is 6.66. The Balaban J connectivity index is 2.73. The summed E-state index contributed by atoms with van der Waals surface area (Å²) in [6.07, 6.45) is 4.45. The highest BCUT2D eigenvalue weighted by Gasteiger charge is 2.33. The van der Waals surface area contributed by atoms with Crippen molar-refractivity contribution in [2.24, 2.45) is 5.92 Å². The molecule has 4 heteroatoms. The Morgan fingerprint density at radius 1 is 1.24 bits per heavy atom. The van der Waals surface area contributed by atoms with Gasteiger partial charge in [-0.05, 0) is 32.6 Å². The third-order valence-corrected chi connectivity index (χ3v) is 3.57. The van der Waals surface area contributed by atoms with Gasteiger partial charge in [-0.3, -0.25) is 9.59 Å². The average Bonchev–Trinajstić information content (AvgIpc) is 2.80. The lowest BCUT2D eigenvalue weighted by Crippen LogP contribution is -2.51. The normalized spacial score (nSPS) is 17.8. The van der Waals surface area contributed by atoms with E-state index in [1.807, 2.05) is 13.8 Å². The molecule has 0 heterocycles. The molecule has 1 N–H and O–H groups in total. The number of carbonyl (C=O) groups is 2. The van der Waals surface area contributed by atoms with Crippen LogP contribution in [0.25, 0.3) is 0 Å². The molecule has 17 heavy (non-hydrogen) atoms. The second kappa shape index (κ2) is 6.62. The van der Waals surface area contributed by atoms with Crippen molar-refractivity contribution in [3.63, 3.8) is 0 Å². The second-order valence-corrected chi connectivity index (χ2v) is 4.73. The Kier molecular flexibility index (Phi) is 5.45. The van der Waals surface area contributed by atoms with E-state index < -0.39 is 0 Å². The van der Waals surface area contributed by atoms with Crippen LogP contribution in [0.5, 0.6) is 0 Å². The van der Waals surface area contributed by atoms with Crippen molar-refractivity contribution in [1.82, 2.24) is 10.2 Å². The van der Waals surface area contributed by atoms with Crippen LogP contribution >= 0.6 is 0 Å². The molecule has 0 bridgehead atoms. The zero-order chi connectivity index (χ0) is 12.8. The molecule has 0 aromatic carbocycles. The second-order valence-electron chi connectivity index (χ2n) is 4.73. The van der Waals surface area contributed by atoms with Crippen LogP contribution in [0.1, 0.15) is 46.5 Å². The van der Waals surface area contributed by atoms with Crippen molar-refractivity contribution >= 4 is 11.8 Å². The van der Waals surface area contributed by atoms with Crippen LogP contribution in [-0.2, 0) is 9.59 Å². The van der Waals surface area contributed by atoms with Gasteiger partial charge in [0.1, 0.15) is 6.04 Å². The molecule has 1 aliphatic rings. The predicted molar refractivity (Wildman–Crippen MR) is 67.5 cm³/mol. The Hall–Kier alpha value is -1.06. The van der Waals surface area contributed by atoms with E-state index in [9.17, 15) is 9.59 Å². The number of nitrogens with one attached hydrogen (secondary N) is 1. The predicted octanol–water partition coefficient (Wildman–Crippen LogP) is 1.55. The largest absolute Gasteiger partial charge is 0.344 e. The number of likely N-dealkylation sites (N-methyl/N-ethyl adjacent to an activating group) is 1. The first-order valence-corrected chi connectivity index (χ1v) is 6.66. The van der Waals surface area contributed by atoms with Crippen molar-refractivity contribution in [2.75, 3.05) is 13.1 Å². The molecule has 0 saturated heterocycles. The standard InChI is InChI=1S/C13H24N2O2/c1-4-15(5-2)13(17)12(14-10(3)16)11-8-6-7-9-11/h11-12H,4-9H2,1-3H3,(H,14,16). The van der Waals surface area contributed by atoms with Gasteiger partial charge in [-0.2, -0.15) is 0 Å². The minimum atomic E-state index is -0.310. The molecule has 2 amide bonds.